The number of fused-ring (bicyclic) bond motifs is 1. The van der Waals surface area contributed by atoms with Crippen LogP contribution in [-0.2, 0) is 44.7 Å². The molecule has 0 amide bonds. The normalized spacial score (nSPS) is 12.0. The number of nitrogen functional groups attached to an aromatic ring is 1. The van der Waals surface area contributed by atoms with Crippen molar-refractivity contribution < 1.29 is 37.2 Å². The number of unbranched alkanes of at least 4 members (excludes halogenated alkanes) is 5. The van der Waals surface area contributed by atoms with Gasteiger partial charge in [-0.25, -0.2) is 4.68 Å². The SMILES string of the molecule is CCCCCCCCn1nc(C(C)(C)C)c(N=Nc2noc3ccccc23)c1N.[Y]. The summed E-state index contributed by atoms with van der Waals surface area (Å²) in [7, 11) is 0. The van der Waals surface area contributed by atoms with Crippen molar-refractivity contribution in [1.29, 1.82) is 0 Å². The summed E-state index contributed by atoms with van der Waals surface area (Å²) in [5.74, 6) is 1.00. The fourth-order valence-corrected chi connectivity index (χ4v) is 3.32. The number of hydrogen-bond donors (Lipinski definition) is 1. The Hall–Kier alpha value is -1.60. The number of azo groups is 1. The monoisotopic (exact) mass is 485 g/mol. The maximum atomic E-state index is 6.42. The van der Waals surface area contributed by atoms with E-state index in [1.807, 2.05) is 28.9 Å². The molecule has 3 rings (SSSR count). The molecule has 1 aromatic carbocycles. The molecule has 2 aromatic heterocycles. The maximum Gasteiger partial charge on any atom is 0.224 e. The Bertz CT molecular complexity index is 970. The summed E-state index contributed by atoms with van der Waals surface area (Å²) in [6.45, 7) is 9.34. The zero-order valence-corrected chi connectivity index (χ0v) is 21.4. The summed E-state index contributed by atoms with van der Waals surface area (Å²) in [6, 6.07) is 7.59. The average Bonchev–Trinajstić information content (AvgIpc) is 3.24. The number of hydrogen-bond acceptors (Lipinski definition) is 6. The number of benzene rings is 1. The topological polar surface area (TPSA) is 94.6 Å². The van der Waals surface area contributed by atoms with E-state index in [0.717, 1.165) is 24.0 Å². The van der Waals surface area contributed by atoms with Crippen LogP contribution in [0.25, 0.3) is 11.0 Å². The molecule has 159 valence electrons. The summed E-state index contributed by atoms with van der Waals surface area (Å²) in [5, 5.41) is 18.4. The summed E-state index contributed by atoms with van der Waals surface area (Å²) in [6.07, 6.45) is 7.36. The van der Waals surface area contributed by atoms with Crippen LogP contribution in [0.3, 0.4) is 0 Å². The number of aryl methyl sites for hydroxylation is 1. The van der Waals surface area contributed by atoms with Gasteiger partial charge in [0.05, 0.1) is 11.1 Å². The van der Waals surface area contributed by atoms with Crippen LogP contribution in [0.1, 0.15) is 71.9 Å². The molecule has 0 aliphatic heterocycles. The van der Waals surface area contributed by atoms with Gasteiger partial charge >= 0.3 is 0 Å². The molecule has 0 spiro atoms. The largest absolute Gasteiger partial charge is 0.382 e. The predicted molar refractivity (Wildman–Crippen MR) is 117 cm³/mol. The number of para-hydroxylation sites is 1. The van der Waals surface area contributed by atoms with E-state index < -0.39 is 0 Å². The van der Waals surface area contributed by atoms with Gasteiger partial charge < -0.3 is 10.3 Å². The molecular weight excluding hydrogens is 453 g/mol. The van der Waals surface area contributed by atoms with Gasteiger partial charge in [0.15, 0.2) is 11.3 Å². The first-order valence-corrected chi connectivity index (χ1v) is 10.5. The van der Waals surface area contributed by atoms with E-state index in [9.17, 15) is 0 Å². The van der Waals surface area contributed by atoms with Gasteiger partial charge in [0.25, 0.3) is 0 Å². The van der Waals surface area contributed by atoms with Crippen LogP contribution in [0.15, 0.2) is 39.0 Å². The van der Waals surface area contributed by atoms with Crippen molar-refractivity contribution in [2.45, 2.75) is 78.2 Å². The van der Waals surface area contributed by atoms with Crippen molar-refractivity contribution in [3.8, 4) is 0 Å². The fraction of sp³-hybridized carbons (Fsp3) is 0.545. The van der Waals surface area contributed by atoms with Crippen LogP contribution in [0.4, 0.5) is 17.3 Å². The zero-order valence-electron chi connectivity index (χ0n) is 18.6. The van der Waals surface area contributed by atoms with E-state index in [-0.39, 0.29) is 38.1 Å². The number of rotatable bonds is 9. The molecule has 0 saturated carbocycles. The summed E-state index contributed by atoms with van der Waals surface area (Å²) in [4.78, 5) is 0. The van der Waals surface area contributed by atoms with E-state index in [1.54, 1.807) is 0 Å². The van der Waals surface area contributed by atoms with Crippen molar-refractivity contribution in [3.05, 3.63) is 30.0 Å². The molecule has 3 aromatic rings. The Morgan fingerprint density at radius 3 is 2.47 bits per heavy atom. The molecule has 0 saturated heterocycles. The molecule has 0 unspecified atom stereocenters. The van der Waals surface area contributed by atoms with E-state index in [4.69, 9.17) is 15.4 Å². The summed E-state index contributed by atoms with van der Waals surface area (Å²) >= 11 is 0. The summed E-state index contributed by atoms with van der Waals surface area (Å²) in [5.41, 5.74) is 8.37. The molecule has 2 heterocycles. The molecule has 0 bridgehead atoms. The second kappa shape index (κ2) is 11.1. The van der Waals surface area contributed by atoms with Crippen LogP contribution < -0.4 is 5.73 Å². The Morgan fingerprint density at radius 1 is 1.03 bits per heavy atom. The number of anilines is 1. The molecule has 0 atom stereocenters. The number of nitrogens with zero attached hydrogens (tertiary/aromatic N) is 5. The first kappa shape index (κ1) is 24.7. The average molecular weight is 485 g/mol. The van der Waals surface area contributed by atoms with Gasteiger partial charge in [0.2, 0.25) is 5.82 Å². The van der Waals surface area contributed by atoms with E-state index in [1.165, 1.54) is 32.1 Å². The van der Waals surface area contributed by atoms with E-state index >= 15 is 0 Å². The van der Waals surface area contributed by atoms with Gasteiger partial charge in [-0.2, -0.15) is 5.10 Å². The van der Waals surface area contributed by atoms with Gasteiger partial charge in [-0.1, -0.05) is 77.1 Å². The maximum absolute atomic E-state index is 6.42. The minimum absolute atomic E-state index is 0. The molecule has 0 fully saturated rings. The number of aromatic nitrogens is 3. The number of nitrogens with two attached hydrogens (primary N) is 1. The minimum Gasteiger partial charge on any atom is -0.382 e. The van der Waals surface area contributed by atoms with Crippen LogP contribution in [-0.4, -0.2) is 14.9 Å². The Balaban J connectivity index is 0.00000320. The van der Waals surface area contributed by atoms with Crippen LogP contribution in [0.5, 0.6) is 0 Å². The van der Waals surface area contributed by atoms with E-state index in [0.29, 0.717) is 22.9 Å². The Morgan fingerprint density at radius 2 is 1.73 bits per heavy atom. The smallest absolute Gasteiger partial charge is 0.224 e. The third-order valence-electron chi connectivity index (χ3n) is 5.00. The Kier molecular flexibility index (Phi) is 9.17. The van der Waals surface area contributed by atoms with Gasteiger partial charge in [-0.05, 0) is 18.6 Å². The zero-order chi connectivity index (χ0) is 20.9. The minimum atomic E-state index is -0.194. The molecule has 0 aliphatic carbocycles. The van der Waals surface area contributed by atoms with Crippen molar-refractivity contribution in [1.82, 2.24) is 14.9 Å². The quantitative estimate of drug-likeness (QED) is 0.270. The summed E-state index contributed by atoms with van der Waals surface area (Å²) < 4.78 is 7.18. The third-order valence-corrected chi connectivity index (χ3v) is 5.00. The molecular formula is C22H32N6OY. The van der Waals surface area contributed by atoms with Crippen molar-refractivity contribution in [3.63, 3.8) is 0 Å². The second-order valence-corrected chi connectivity index (χ2v) is 8.53. The van der Waals surface area contributed by atoms with Crippen molar-refractivity contribution in [2.24, 2.45) is 10.2 Å². The first-order valence-electron chi connectivity index (χ1n) is 10.5. The van der Waals surface area contributed by atoms with Crippen molar-refractivity contribution >= 4 is 28.3 Å². The molecule has 8 heteroatoms. The first-order chi connectivity index (χ1) is 13.9. The predicted octanol–water partition coefficient (Wildman–Crippen LogP) is 6.68. The molecule has 2 N–H and O–H groups in total. The third kappa shape index (κ3) is 5.97. The van der Waals surface area contributed by atoms with Crippen molar-refractivity contribution in [2.75, 3.05) is 5.73 Å². The van der Waals surface area contributed by atoms with E-state index in [2.05, 4.69) is 43.1 Å². The Labute approximate surface area is 203 Å². The van der Waals surface area contributed by atoms with Gasteiger partial charge in [-0.15, -0.1) is 10.2 Å². The van der Waals surface area contributed by atoms with Gasteiger partial charge in [-0.3, -0.25) is 0 Å². The fourth-order valence-electron chi connectivity index (χ4n) is 3.32. The van der Waals surface area contributed by atoms with Crippen LogP contribution in [0.2, 0.25) is 0 Å². The molecule has 0 aliphatic rings. The van der Waals surface area contributed by atoms with Crippen LogP contribution >= 0.6 is 0 Å². The van der Waals surface area contributed by atoms with Crippen LogP contribution in [0, 0.1) is 0 Å². The van der Waals surface area contributed by atoms with Gasteiger partial charge in [0.1, 0.15) is 5.82 Å². The molecule has 30 heavy (non-hydrogen) atoms. The molecule has 7 nitrogen and oxygen atoms in total. The van der Waals surface area contributed by atoms with Gasteiger partial charge in [0, 0.05) is 44.7 Å². The standard InChI is InChI=1S/C22H32N6O.Y/c1-5-6-7-8-9-12-15-28-20(23)18(19(26-28)22(2,3)4)24-25-21-16-13-10-11-14-17(16)29-27-21;/h10-11,13-14H,5-9,12,15,23H2,1-4H3;. The second-order valence-electron chi connectivity index (χ2n) is 8.53. The molecule has 1 radical (unpaired) electrons.